The minimum Gasteiger partial charge on any atom is -0.452 e. The zero-order valence-corrected chi connectivity index (χ0v) is 31.1. The van der Waals surface area contributed by atoms with Crippen LogP contribution in [0, 0.1) is 0 Å². The summed E-state index contributed by atoms with van der Waals surface area (Å²) >= 11 is 0. The molecule has 0 saturated heterocycles. The molecular weight excluding hydrogens is 681 g/mol. The van der Waals surface area contributed by atoms with Gasteiger partial charge in [-0.15, -0.1) is 0 Å². The summed E-state index contributed by atoms with van der Waals surface area (Å²) in [6, 6.07) is 65.0. The van der Waals surface area contributed by atoms with E-state index in [1.54, 1.807) is 0 Å². The first-order valence-corrected chi connectivity index (χ1v) is 19.2. The molecule has 0 saturated carbocycles. The van der Waals surface area contributed by atoms with Gasteiger partial charge in [0.2, 0.25) is 0 Å². The highest BCUT2D eigenvalue weighted by molar-refractivity contribution is 6.09. The van der Waals surface area contributed by atoms with Gasteiger partial charge >= 0.3 is 0 Å². The molecule has 0 bridgehead atoms. The van der Waals surface area contributed by atoms with E-state index in [0.717, 1.165) is 44.4 Å². The van der Waals surface area contributed by atoms with Crippen molar-refractivity contribution in [2.75, 3.05) is 0 Å². The molecule has 1 aliphatic carbocycles. The lowest BCUT2D eigenvalue weighted by molar-refractivity contribution is 0.661. The summed E-state index contributed by atoms with van der Waals surface area (Å²) in [7, 11) is 0. The average Bonchev–Trinajstić information content (AvgIpc) is 3.74. The van der Waals surface area contributed by atoms with Crippen molar-refractivity contribution in [1.29, 1.82) is 0 Å². The molecule has 8 aromatic carbocycles. The number of hydrogen-bond acceptors (Lipinski definition) is 3. The standard InChI is InChI=1S/C53H36N2O/c1-53(2)44-31-39(28-29-42(44)48-45(53)32-40-18-9-10-21-41(40)47(48)34-14-5-3-6-15-34)38-20-13-19-37(30-38)33-24-26-36(27-25-33)52-54-49(35-16-7-4-8-17-35)51-50(55-52)43-22-11-12-23-46(43)56-51/h3-32H,1-2H3. The quantitative estimate of drug-likeness (QED) is 0.178. The molecule has 11 rings (SSSR count). The van der Waals surface area contributed by atoms with Gasteiger partial charge in [0.25, 0.3) is 0 Å². The predicted molar refractivity (Wildman–Crippen MR) is 232 cm³/mol. The van der Waals surface area contributed by atoms with Gasteiger partial charge in [-0.05, 0) is 96.7 Å². The molecule has 0 spiro atoms. The van der Waals surface area contributed by atoms with E-state index in [9.17, 15) is 0 Å². The van der Waals surface area contributed by atoms with Crippen molar-refractivity contribution in [3.05, 3.63) is 193 Å². The Morgan fingerprint density at radius 3 is 1.82 bits per heavy atom. The van der Waals surface area contributed by atoms with Crippen LogP contribution in [0.15, 0.2) is 186 Å². The normalized spacial score (nSPS) is 13.0. The highest BCUT2D eigenvalue weighted by atomic mass is 16.3. The Morgan fingerprint density at radius 2 is 1.04 bits per heavy atom. The van der Waals surface area contributed by atoms with E-state index >= 15 is 0 Å². The van der Waals surface area contributed by atoms with Crippen molar-refractivity contribution >= 4 is 32.8 Å². The summed E-state index contributed by atoms with van der Waals surface area (Å²) in [6.07, 6.45) is 0. The van der Waals surface area contributed by atoms with E-state index in [0.29, 0.717) is 11.4 Å². The van der Waals surface area contributed by atoms with Crippen LogP contribution < -0.4 is 0 Å². The molecule has 0 fully saturated rings. The second-order valence-electron chi connectivity index (χ2n) is 15.3. The predicted octanol–water partition coefficient (Wildman–Crippen LogP) is 14.2. The van der Waals surface area contributed by atoms with E-state index in [-0.39, 0.29) is 5.41 Å². The lowest BCUT2D eigenvalue weighted by Crippen LogP contribution is -2.15. The van der Waals surface area contributed by atoms with E-state index in [2.05, 4.69) is 159 Å². The first kappa shape index (κ1) is 32.3. The van der Waals surface area contributed by atoms with Crippen molar-refractivity contribution in [3.8, 4) is 67.2 Å². The number of nitrogens with zero attached hydrogens (tertiary/aromatic N) is 2. The summed E-state index contributed by atoms with van der Waals surface area (Å²) in [6.45, 7) is 4.75. The van der Waals surface area contributed by atoms with Crippen LogP contribution in [0.5, 0.6) is 0 Å². The topological polar surface area (TPSA) is 38.9 Å². The number of para-hydroxylation sites is 1. The second kappa shape index (κ2) is 12.5. The maximum absolute atomic E-state index is 6.32. The first-order valence-electron chi connectivity index (χ1n) is 19.2. The number of fused-ring (bicyclic) bond motifs is 7. The Morgan fingerprint density at radius 1 is 0.429 bits per heavy atom. The van der Waals surface area contributed by atoms with Gasteiger partial charge in [0.05, 0.1) is 0 Å². The van der Waals surface area contributed by atoms with Gasteiger partial charge in [-0.3, -0.25) is 0 Å². The summed E-state index contributed by atoms with van der Waals surface area (Å²) in [5.41, 5.74) is 17.7. The third-order valence-electron chi connectivity index (χ3n) is 11.7. The molecule has 2 heterocycles. The van der Waals surface area contributed by atoms with Crippen molar-refractivity contribution in [1.82, 2.24) is 9.97 Å². The van der Waals surface area contributed by atoms with Crippen molar-refractivity contribution < 1.29 is 4.42 Å². The zero-order chi connectivity index (χ0) is 37.4. The van der Waals surface area contributed by atoms with Gasteiger partial charge in [0, 0.05) is 21.9 Å². The van der Waals surface area contributed by atoms with Crippen molar-refractivity contribution in [2.45, 2.75) is 19.3 Å². The third-order valence-corrected chi connectivity index (χ3v) is 11.7. The van der Waals surface area contributed by atoms with Gasteiger partial charge in [-0.2, -0.15) is 0 Å². The van der Waals surface area contributed by atoms with Gasteiger partial charge in [0.1, 0.15) is 16.8 Å². The molecule has 10 aromatic rings. The summed E-state index contributed by atoms with van der Waals surface area (Å²) < 4.78 is 6.32. The fourth-order valence-corrected chi connectivity index (χ4v) is 8.83. The van der Waals surface area contributed by atoms with Crippen molar-refractivity contribution in [2.24, 2.45) is 0 Å². The minimum atomic E-state index is -0.157. The summed E-state index contributed by atoms with van der Waals surface area (Å²) in [4.78, 5) is 10.1. The van der Waals surface area contributed by atoms with Gasteiger partial charge in [0.15, 0.2) is 11.4 Å². The van der Waals surface area contributed by atoms with E-state index in [1.807, 2.05) is 36.4 Å². The Labute approximate surface area is 325 Å². The van der Waals surface area contributed by atoms with Crippen LogP contribution >= 0.6 is 0 Å². The van der Waals surface area contributed by atoms with E-state index < -0.39 is 0 Å². The number of furan rings is 1. The Bertz CT molecular complexity index is 3140. The number of hydrogen-bond donors (Lipinski definition) is 0. The lowest BCUT2D eigenvalue weighted by Gasteiger charge is -2.23. The van der Waals surface area contributed by atoms with Crippen LogP contribution in [0.2, 0.25) is 0 Å². The molecule has 3 nitrogen and oxygen atoms in total. The molecule has 0 N–H and O–H groups in total. The van der Waals surface area contributed by atoms with Crippen LogP contribution in [-0.2, 0) is 5.41 Å². The molecule has 1 aliphatic rings. The van der Waals surface area contributed by atoms with Crippen LogP contribution in [-0.4, -0.2) is 9.97 Å². The smallest absolute Gasteiger partial charge is 0.180 e. The molecule has 264 valence electrons. The van der Waals surface area contributed by atoms with Gasteiger partial charge in [-0.1, -0.05) is 166 Å². The van der Waals surface area contributed by atoms with E-state index in [4.69, 9.17) is 14.4 Å². The number of rotatable bonds is 5. The minimum absolute atomic E-state index is 0.157. The zero-order valence-electron chi connectivity index (χ0n) is 31.1. The van der Waals surface area contributed by atoms with Crippen LogP contribution in [0.1, 0.15) is 25.0 Å². The maximum atomic E-state index is 6.32. The van der Waals surface area contributed by atoms with Crippen LogP contribution in [0.4, 0.5) is 0 Å². The molecule has 0 unspecified atom stereocenters. The monoisotopic (exact) mass is 716 g/mol. The Kier molecular flexibility index (Phi) is 7.20. The molecule has 0 aliphatic heterocycles. The fourth-order valence-electron chi connectivity index (χ4n) is 8.83. The fraction of sp³-hybridized carbons (Fsp3) is 0.0566. The molecule has 0 atom stereocenters. The van der Waals surface area contributed by atoms with Gasteiger partial charge in [-0.25, -0.2) is 9.97 Å². The second-order valence-corrected chi connectivity index (χ2v) is 15.3. The largest absolute Gasteiger partial charge is 0.452 e. The van der Waals surface area contributed by atoms with Crippen molar-refractivity contribution in [3.63, 3.8) is 0 Å². The summed E-state index contributed by atoms with van der Waals surface area (Å²) in [5, 5.41) is 3.56. The Balaban J connectivity index is 0.969. The molecule has 56 heavy (non-hydrogen) atoms. The lowest BCUT2D eigenvalue weighted by atomic mass is 9.80. The molecular formula is C53H36N2O. The summed E-state index contributed by atoms with van der Waals surface area (Å²) in [5.74, 6) is 0.674. The first-order chi connectivity index (χ1) is 27.5. The highest BCUT2D eigenvalue weighted by Crippen LogP contribution is 2.55. The molecule has 0 radical (unpaired) electrons. The SMILES string of the molecule is CC1(C)c2cc(-c3cccc(-c4ccc(-c5nc(-c6ccccc6)c6oc7ccccc7c6n5)cc4)c3)ccc2-c2c1cc1ccccc1c2-c1ccccc1. The third kappa shape index (κ3) is 5.05. The van der Waals surface area contributed by atoms with E-state index in [1.165, 1.54) is 55.3 Å². The Hall–Kier alpha value is -7.10. The van der Waals surface area contributed by atoms with Crippen LogP contribution in [0.3, 0.4) is 0 Å². The van der Waals surface area contributed by atoms with Gasteiger partial charge < -0.3 is 4.42 Å². The van der Waals surface area contributed by atoms with Crippen LogP contribution in [0.25, 0.3) is 100.0 Å². The molecule has 3 heteroatoms. The molecule has 0 amide bonds. The highest BCUT2D eigenvalue weighted by Gasteiger charge is 2.38. The number of benzene rings is 8. The average molecular weight is 717 g/mol. The number of aromatic nitrogens is 2. The maximum Gasteiger partial charge on any atom is 0.180 e. The molecule has 2 aromatic heterocycles.